The number of aliphatic hydroxyl groups is 1. The van der Waals surface area contributed by atoms with E-state index < -0.39 is 6.10 Å². The van der Waals surface area contributed by atoms with Gasteiger partial charge in [-0.1, -0.05) is 12.7 Å². The third-order valence-corrected chi connectivity index (χ3v) is 3.31. The summed E-state index contributed by atoms with van der Waals surface area (Å²) in [6.07, 6.45) is 3.56. The Morgan fingerprint density at radius 2 is 2.20 bits per heavy atom. The van der Waals surface area contributed by atoms with Crippen LogP contribution in [0.1, 0.15) is 13.8 Å². The van der Waals surface area contributed by atoms with E-state index in [1.807, 2.05) is 25.5 Å². The zero-order valence-corrected chi connectivity index (χ0v) is 11.2. The fraction of sp³-hybridized carbons (Fsp3) is 0.636. The summed E-state index contributed by atoms with van der Waals surface area (Å²) in [7, 11) is 0. The van der Waals surface area contributed by atoms with Crippen LogP contribution >= 0.6 is 23.5 Å². The minimum absolute atomic E-state index is 0.172. The molecule has 0 aliphatic heterocycles. The topological polar surface area (TPSA) is 29.5 Å². The largest absolute Gasteiger partial charge is 0.390 e. The van der Waals surface area contributed by atoms with Crippen molar-refractivity contribution in [2.24, 2.45) is 0 Å². The summed E-state index contributed by atoms with van der Waals surface area (Å²) in [4.78, 5) is 1.09. The second kappa shape index (κ2) is 9.33. The van der Waals surface area contributed by atoms with Crippen molar-refractivity contribution in [2.45, 2.75) is 26.1 Å². The van der Waals surface area contributed by atoms with Gasteiger partial charge in [-0.25, -0.2) is 0 Å². The molecule has 0 aliphatic rings. The highest BCUT2D eigenvalue weighted by atomic mass is 32.2. The van der Waals surface area contributed by atoms with Crippen LogP contribution in [-0.2, 0) is 4.74 Å². The van der Waals surface area contributed by atoms with Gasteiger partial charge in [0.05, 0.1) is 18.8 Å². The zero-order chi connectivity index (χ0) is 11.7. The van der Waals surface area contributed by atoms with Gasteiger partial charge in [-0.2, -0.15) is 0 Å². The number of rotatable bonds is 8. The van der Waals surface area contributed by atoms with Gasteiger partial charge in [-0.15, -0.1) is 23.5 Å². The first-order valence-corrected chi connectivity index (χ1v) is 7.15. The highest BCUT2D eigenvalue weighted by Gasteiger charge is 2.06. The van der Waals surface area contributed by atoms with Gasteiger partial charge in [0, 0.05) is 10.7 Å². The molecule has 0 aromatic heterocycles. The smallest absolute Gasteiger partial charge is 0.0867 e. The summed E-state index contributed by atoms with van der Waals surface area (Å²) in [6, 6.07) is 0. The second-order valence-electron chi connectivity index (χ2n) is 3.31. The van der Waals surface area contributed by atoms with Gasteiger partial charge in [0.25, 0.3) is 0 Å². The first-order chi connectivity index (χ1) is 7.10. The minimum Gasteiger partial charge on any atom is -0.390 e. The van der Waals surface area contributed by atoms with Crippen molar-refractivity contribution in [3.05, 3.63) is 23.0 Å². The summed E-state index contributed by atoms with van der Waals surface area (Å²) in [6.45, 7) is 8.04. The first kappa shape index (κ1) is 15.1. The molecule has 0 fully saturated rings. The van der Waals surface area contributed by atoms with E-state index in [0.29, 0.717) is 12.4 Å². The van der Waals surface area contributed by atoms with Crippen LogP contribution in [0.2, 0.25) is 0 Å². The molecule has 0 heterocycles. The molecule has 0 saturated heterocycles. The van der Waals surface area contributed by atoms with Crippen molar-refractivity contribution < 1.29 is 9.84 Å². The van der Waals surface area contributed by atoms with Crippen molar-refractivity contribution in [1.82, 2.24) is 0 Å². The Bertz CT molecular complexity index is 203. The van der Waals surface area contributed by atoms with Gasteiger partial charge in [-0.05, 0) is 25.5 Å². The van der Waals surface area contributed by atoms with Crippen LogP contribution < -0.4 is 0 Å². The molecule has 0 saturated carbocycles. The first-order valence-electron chi connectivity index (χ1n) is 4.88. The molecule has 0 aromatic rings. The fourth-order valence-corrected chi connectivity index (χ4v) is 2.29. The molecule has 0 amide bonds. The maximum atomic E-state index is 9.60. The average molecular weight is 248 g/mol. The van der Waals surface area contributed by atoms with Crippen molar-refractivity contribution in [2.75, 3.05) is 18.6 Å². The molecule has 1 atom stereocenters. The molecule has 0 aromatic carbocycles. The molecule has 88 valence electrons. The molecule has 1 N–H and O–H groups in total. The molecule has 0 aliphatic carbocycles. The van der Waals surface area contributed by atoms with E-state index >= 15 is 0 Å². The average Bonchev–Trinajstić information content (AvgIpc) is 2.21. The van der Waals surface area contributed by atoms with Gasteiger partial charge >= 0.3 is 0 Å². The third-order valence-electron chi connectivity index (χ3n) is 1.50. The summed E-state index contributed by atoms with van der Waals surface area (Å²) < 4.78 is 5.32. The molecule has 2 nitrogen and oxygen atoms in total. The van der Waals surface area contributed by atoms with E-state index in [9.17, 15) is 5.11 Å². The molecule has 0 bridgehead atoms. The van der Waals surface area contributed by atoms with Crippen LogP contribution in [0.15, 0.2) is 23.0 Å². The Hall–Kier alpha value is 0.1000. The van der Waals surface area contributed by atoms with Gasteiger partial charge in [-0.3, -0.25) is 0 Å². The molecule has 15 heavy (non-hydrogen) atoms. The lowest BCUT2D eigenvalue weighted by Crippen LogP contribution is -2.20. The van der Waals surface area contributed by atoms with Gasteiger partial charge in [0.2, 0.25) is 0 Å². The Morgan fingerprint density at radius 3 is 2.67 bits per heavy atom. The number of thioether (sulfide) groups is 2. The fourth-order valence-electron chi connectivity index (χ4n) is 0.801. The normalized spacial score (nSPS) is 14.3. The zero-order valence-electron chi connectivity index (χ0n) is 9.60. The predicted molar refractivity (Wildman–Crippen MR) is 71.3 cm³/mol. The molecular formula is C11H20O2S2. The van der Waals surface area contributed by atoms with Crippen LogP contribution in [-0.4, -0.2) is 35.9 Å². The number of ether oxygens (including phenoxy) is 1. The third kappa shape index (κ3) is 9.05. The van der Waals surface area contributed by atoms with Gasteiger partial charge in [0.15, 0.2) is 0 Å². The van der Waals surface area contributed by atoms with Crippen molar-refractivity contribution in [3.63, 3.8) is 0 Å². The van der Waals surface area contributed by atoms with Crippen LogP contribution in [0.25, 0.3) is 0 Å². The van der Waals surface area contributed by atoms with Gasteiger partial charge < -0.3 is 9.84 Å². The van der Waals surface area contributed by atoms with Crippen LogP contribution in [0.5, 0.6) is 0 Å². The maximum Gasteiger partial charge on any atom is 0.0867 e. The molecule has 4 heteroatoms. The van der Waals surface area contributed by atoms with Crippen LogP contribution in [0, 0.1) is 0 Å². The quantitative estimate of drug-likeness (QED) is 0.669. The van der Waals surface area contributed by atoms with E-state index in [2.05, 4.69) is 6.58 Å². The number of hydrogen-bond donors (Lipinski definition) is 1. The highest BCUT2D eigenvalue weighted by molar-refractivity contribution is 8.06. The molecule has 1 unspecified atom stereocenters. The Morgan fingerprint density at radius 1 is 1.53 bits per heavy atom. The highest BCUT2D eigenvalue weighted by Crippen LogP contribution is 2.20. The Kier molecular flexibility index (Phi) is 9.40. The lowest BCUT2D eigenvalue weighted by molar-refractivity contribution is 0.0153. The van der Waals surface area contributed by atoms with E-state index in [0.717, 1.165) is 4.91 Å². The van der Waals surface area contributed by atoms with Gasteiger partial charge in [0.1, 0.15) is 0 Å². The SMILES string of the molecule is C=C/C(=C\SC)SCC(O)COC(C)C. The molecule has 0 rings (SSSR count). The predicted octanol–water partition coefficient (Wildman–Crippen LogP) is 2.90. The van der Waals surface area contributed by atoms with E-state index in [-0.39, 0.29) is 6.10 Å². The Labute approximate surface area is 101 Å². The summed E-state index contributed by atoms with van der Waals surface area (Å²) >= 11 is 3.24. The summed E-state index contributed by atoms with van der Waals surface area (Å²) in [5.74, 6) is 0.644. The molecule has 0 radical (unpaired) electrons. The monoisotopic (exact) mass is 248 g/mol. The molecular weight excluding hydrogens is 228 g/mol. The van der Waals surface area contributed by atoms with E-state index in [1.165, 1.54) is 0 Å². The molecule has 0 spiro atoms. The number of hydrogen-bond acceptors (Lipinski definition) is 4. The standard InChI is InChI=1S/C11H20O2S2/c1-5-11(8-14-4)15-7-10(12)6-13-9(2)3/h5,8-10,12H,1,6-7H2,2-4H3/b11-8+. The number of allylic oxidation sites excluding steroid dienone is 1. The minimum atomic E-state index is -0.414. The van der Waals surface area contributed by atoms with E-state index in [4.69, 9.17) is 4.74 Å². The van der Waals surface area contributed by atoms with Crippen LogP contribution in [0.4, 0.5) is 0 Å². The van der Waals surface area contributed by atoms with Crippen molar-refractivity contribution in [1.29, 1.82) is 0 Å². The van der Waals surface area contributed by atoms with E-state index in [1.54, 1.807) is 29.6 Å². The van der Waals surface area contributed by atoms with Crippen molar-refractivity contribution >= 4 is 23.5 Å². The lowest BCUT2D eigenvalue weighted by atomic mass is 10.4. The van der Waals surface area contributed by atoms with Crippen LogP contribution in [0.3, 0.4) is 0 Å². The summed E-state index contributed by atoms with van der Waals surface area (Å²) in [5, 5.41) is 11.6. The number of aliphatic hydroxyl groups excluding tert-OH is 1. The maximum absolute atomic E-state index is 9.60. The lowest BCUT2D eigenvalue weighted by Gasteiger charge is -2.13. The Balaban J connectivity index is 3.73. The van der Waals surface area contributed by atoms with Crippen molar-refractivity contribution in [3.8, 4) is 0 Å². The summed E-state index contributed by atoms with van der Waals surface area (Å²) in [5.41, 5.74) is 0. The second-order valence-corrected chi connectivity index (χ2v) is 5.11.